The number of hydrogen-bond acceptors (Lipinski definition) is 4. The predicted octanol–water partition coefficient (Wildman–Crippen LogP) is 2.47. The van der Waals surface area contributed by atoms with Gasteiger partial charge in [0.1, 0.15) is 11.9 Å². The number of alkyl halides is 5. The fraction of sp³-hybridized carbons (Fsp3) is 0.565. The third kappa shape index (κ3) is 5.10. The summed E-state index contributed by atoms with van der Waals surface area (Å²) in [5.41, 5.74) is -2.83. The number of hydrogen-bond donors (Lipinski definition) is 2. The minimum atomic E-state index is -4.91. The Hall–Kier alpha value is -2.96. The molecule has 2 heterocycles. The number of nitrogens with one attached hydrogen (secondary N) is 2. The molecule has 0 bridgehead atoms. The van der Waals surface area contributed by atoms with Crippen molar-refractivity contribution in [2.75, 3.05) is 19.6 Å². The Labute approximate surface area is 213 Å². The second-order valence-corrected chi connectivity index (χ2v) is 10.5. The Morgan fingerprint density at radius 2 is 1.95 bits per heavy atom. The molecule has 3 fully saturated rings. The number of likely N-dealkylation sites (tertiary alicyclic amines) is 1. The number of carbonyl (C=O) groups is 4. The quantitative estimate of drug-likeness (QED) is 0.334. The maximum absolute atomic E-state index is 14.0. The lowest BCUT2D eigenvalue weighted by atomic mass is 9.98. The van der Waals surface area contributed by atoms with Crippen LogP contribution in [-0.4, -0.2) is 64.8 Å². The van der Waals surface area contributed by atoms with Gasteiger partial charge >= 0.3 is 6.18 Å². The van der Waals surface area contributed by atoms with Crippen molar-refractivity contribution in [3.8, 4) is 0 Å². The van der Waals surface area contributed by atoms with E-state index >= 15 is 0 Å². The van der Waals surface area contributed by atoms with Crippen LogP contribution in [0.1, 0.15) is 36.2 Å². The number of fused-ring (bicyclic) bond motifs is 1. The van der Waals surface area contributed by atoms with E-state index in [0.29, 0.717) is 25.1 Å². The van der Waals surface area contributed by atoms with Gasteiger partial charge in [-0.25, -0.2) is 8.78 Å². The van der Waals surface area contributed by atoms with Crippen LogP contribution < -0.4 is 10.7 Å². The average molecular weight is 551 g/mol. The Bertz CT molecular complexity index is 1140. The molecule has 8 nitrogen and oxygen atoms in total. The van der Waals surface area contributed by atoms with E-state index in [1.54, 1.807) is 0 Å². The van der Waals surface area contributed by atoms with E-state index in [0.717, 1.165) is 9.91 Å². The summed E-state index contributed by atoms with van der Waals surface area (Å²) in [5, 5.41) is 3.32. The maximum atomic E-state index is 14.0. The molecular formula is C23H24ClF5N4O4. The van der Waals surface area contributed by atoms with Crippen LogP contribution in [0.5, 0.6) is 0 Å². The molecule has 1 aromatic rings. The number of nitrogens with zero attached hydrogens (tertiary/aromatic N) is 2. The van der Waals surface area contributed by atoms with Crippen LogP contribution in [0.2, 0.25) is 0 Å². The highest BCUT2D eigenvalue weighted by Gasteiger charge is 2.70. The molecule has 0 spiro atoms. The number of hydrazine groups is 1. The minimum Gasteiger partial charge on any atom is -0.356 e. The predicted molar refractivity (Wildman–Crippen MR) is 119 cm³/mol. The van der Waals surface area contributed by atoms with Gasteiger partial charge in [0, 0.05) is 18.7 Å². The molecule has 3 aliphatic rings. The lowest BCUT2D eigenvalue weighted by Gasteiger charge is -2.35. The monoisotopic (exact) mass is 550 g/mol. The molecule has 37 heavy (non-hydrogen) atoms. The fourth-order valence-electron chi connectivity index (χ4n) is 5.39. The van der Waals surface area contributed by atoms with E-state index in [2.05, 4.69) is 10.7 Å². The topological polar surface area (TPSA) is 98.8 Å². The molecule has 2 aliphatic heterocycles. The Morgan fingerprint density at radius 1 is 1.27 bits per heavy atom. The molecule has 4 rings (SSSR count). The van der Waals surface area contributed by atoms with Crippen molar-refractivity contribution in [2.45, 2.75) is 38.1 Å². The van der Waals surface area contributed by atoms with E-state index in [1.807, 2.05) is 13.8 Å². The van der Waals surface area contributed by atoms with Gasteiger partial charge < -0.3 is 10.2 Å². The van der Waals surface area contributed by atoms with Crippen molar-refractivity contribution in [1.29, 1.82) is 0 Å². The van der Waals surface area contributed by atoms with Gasteiger partial charge in [0.2, 0.25) is 5.91 Å². The van der Waals surface area contributed by atoms with Crippen LogP contribution in [0.3, 0.4) is 0 Å². The molecular weight excluding hydrogens is 527 g/mol. The van der Waals surface area contributed by atoms with E-state index < -0.39 is 75.7 Å². The molecule has 1 aromatic carbocycles. The third-order valence-corrected chi connectivity index (χ3v) is 7.67. The molecule has 2 N–H and O–H groups in total. The molecule has 1 aliphatic carbocycles. The smallest absolute Gasteiger partial charge is 0.356 e. The highest BCUT2D eigenvalue weighted by molar-refractivity contribution is 6.29. The number of benzene rings is 1. The maximum Gasteiger partial charge on any atom is 0.416 e. The van der Waals surface area contributed by atoms with Crippen molar-refractivity contribution in [1.82, 2.24) is 20.7 Å². The first-order chi connectivity index (χ1) is 17.1. The summed E-state index contributed by atoms with van der Waals surface area (Å²) in [6.45, 7) is 3.68. The molecule has 1 saturated carbocycles. The first kappa shape index (κ1) is 27.1. The molecule has 0 aromatic heterocycles. The fourth-order valence-corrected chi connectivity index (χ4v) is 5.44. The number of carbonyl (C=O) groups excluding carboxylic acids is 4. The van der Waals surface area contributed by atoms with Crippen molar-refractivity contribution in [3.05, 3.63) is 35.1 Å². The SMILES string of the molecule is CC1(C)[C@@H]2[C@@H](C(=O)N(C[C@@H]3CCNC3=O)NC(=O)[C@H](F)Cl)N(C(=O)c3cc(F)cc(C(F)(F)F)c3)C[C@@H]21. The van der Waals surface area contributed by atoms with Crippen molar-refractivity contribution >= 4 is 35.2 Å². The van der Waals surface area contributed by atoms with Gasteiger partial charge in [-0.3, -0.25) is 29.6 Å². The summed E-state index contributed by atoms with van der Waals surface area (Å²) in [7, 11) is 0. The van der Waals surface area contributed by atoms with Crippen LogP contribution in [0.4, 0.5) is 22.0 Å². The summed E-state index contributed by atoms with van der Waals surface area (Å²) < 4.78 is 67.1. The second-order valence-electron chi connectivity index (χ2n) is 10.1. The summed E-state index contributed by atoms with van der Waals surface area (Å²) in [6.07, 6.45) is -4.58. The van der Waals surface area contributed by atoms with Gasteiger partial charge in [-0.05, 0) is 41.9 Å². The highest BCUT2D eigenvalue weighted by atomic mass is 35.5. The van der Waals surface area contributed by atoms with Gasteiger partial charge in [-0.1, -0.05) is 25.4 Å². The molecule has 5 atom stereocenters. The normalized spacial score (nSPS) is 26.8. The lowest BCUT2D eigenvalue weighted by Crippen LogP contribution is -2.58. The van der Waals surface area contributed by atoms with Gasteiger partial charge in [0.05, 0.1) is 18.0 Å². The highest BCUT2D eigenvalue weighted by Crippen LogP contribution is 2.65. The third-order valence-electron chi connectivity index (χ3n) is 7.47. The van der Waals surface area contributed by atoms with Gasteiger partial charge in [-0.15, -0.1) is 0 Å². The molecule has 2 saturated heterocycles. The summed E-state index contributed by atoms with van der Waals surface area (Å²) in [6, 6.07) is 0.153. The minimum absolute atomic E-state index is 0.00227. The van der Waals surface area contributed by atoms with Gasteiger partial charge in [0.15, 0.2) is 0 Å². The van der Waals surface area contributed by atoms with Crippen LogP contribution in [0, 0.1) is 29.0 Å². The van der Waals surface area contributed by atoms with Crippen molar-refractivity contribution < 1.29 is 41.1 Å². The summed E-state index contributed by atoms with van der Waals surface area (Å²) in [4.78, 5) is 52.2. The number of halogens is 6. The zero-order valence-electron chi connectivity index (χ0n) is 19.7. The number of piperidine rings is 1. The van der Waals surface area contributed by atoms with Gasteiger partial charge in [0.25, 0.3) is 23.4 Å². The van der Waals surface area contributed by atoms with Gasteiger partial charge in [-0.2, -0.15) is 13.2 Å². The Balaban J connectivity index is 1.66. The van der Waals surface area contributed by atoms with Crippen molar-refractivity contribution in [3.63, 3.8) is 0 Å². The van der Waals surface area contributed by atoms with E-state index in [1.165, 1.54) is 0 Å². The number of amides is 4. The summed E-state index contributed by atoms with van der Waals surface area (Å²) in [5.74, 6) is -6.26. The number of rotatable bonds is 5. The first-order valence-corrected chi connectivity index (χ1v) is 11.9. The zero-order chi connectivity index (χ0) is 27.4. The van der Waals surface area contributed by atoms with E-state index in [9.17, 15) is 41.1 Å². The van der Waals surface area contributed by atoms with E-state index in [-0.39, 0.29) is 25.1 Å². The molecule has 4 amide bonds. The standard InChI is InChI=1S/C23H24ClF5N4O4/c1-22(2)14-9-32(20(36)11-5-12(23(27,28)29)7-13(25)6-11)16(15(14)22)21(37)33(31-19(35)17(24)26)8-10-3-4-30-18(10)34/h5-7,10,14-17H,3-4,8-9H2,1-2H3,(H,30,34)(H,31,35)/t10-,14-,15-,16-,17-/m0/s1. The lowest BCUT2D eigenvalue weighted by molar-refractivity contribution is -0.147. The average Bonchev–Trinajstić information content (AvgIpc) is 3.16. The van der Waals surface area contributed by atoms with Crippen molar-refractivity contribution in [2.24, 2.45) is 23.2 Å². The Morgan fingerprint density at radius 3 is 2.51 bits per heavy atom. The van der Waals surface area contributed by atoms with Crippen LogP contribution in [0.25, 0.3) is 0 Å². The molecule has 0 unspecified atom stereocenters. The molecule has 0 radical (unpaired) electrons. The largest absolute Gasteiger partial charge is 0.416 e. The van der Waals surface area contributed by atoms with Crippen LogP contribution in [0.15, 0.2) is 18.2 Å². The summed E-state index contributed by atoms with van der Waals surface area (Å²) >= 11 is 5.20. The second kappa shape index (κ2) is 9.41. The Kier molecular flexibility index (Phi) is 6.89. The molecule has 202 valence electrons. The van der Waals surface area contributed by atoms with E-state index in [4.69, 9.17) is 11.6 Å². The van der Waals surface area contributed by atoms with Crippen LogP contribution in [-0.2, 0) is 20.6 Å². The zero-order valence-corrected chi connectivity index (χ0v) is 20.5. The molecule has 14 heteroatoms. The van der Waals surface area contributed by atoms with Crippen LogP contribution >= 0.6 is 11.6 Å². The first-order valence-electron chi connectivity index (χ1n) is 11.5.